The van der Waals surface area contributed by atoms with Crippen LogP contribution in [0.4, 0.5) is 27.7 Å². The lowest BCUT2D eigenvalue weighted by atomic mass is 9.91. The molecule has 1 saturated carbocycles. The van der Waals surface area contributed by atoms with Gasteiger partial charge in [-0.1, -0.05) is 11.6 Å². The van der Waals surface area contributed by atoms with Gasteiger partial charge >= 0.3 is 11.8 Å². The highest BCUT2D eigenvalue weighted by Crippen LogP contribution is 2.34. The number of rotatable bonds is 5. The number of carbonyl (C=O) groups excluding carboxylic acids is 1. The fourth-order valence-corrected chi connectivity index (χ4v) is 3.08. The number of halogens is 1. The topological polar surface area (TPSA) is 110 Å². The van der Waals surface area contributed by atoms with Crippen molar-refractivity contribution in [2.24, 2.45) is 0 Å². The van der Waals surface area contributed by atoms with E-state index < -0.39 is 16.2 Å². The Morgan fingerprint density at radius 2 is 1.93 bits per heavy atom. The van der Waals surface area contributed by atoms with Crippen molar-refractivity contribution >= 4 is 40.6 Å². The maximum atomic E-state index is 12.7. The van der Waals surface area contributed by atoms with E-state index in [9.17, 15) is 14.9 Å². The van der Waals surface area contributed by atoms with E-state index in [1.807, 2.05) is 20.8 Å². The monoisotopic (exact) mass is 419 g/mol. The second-order valence-electron chi connectivity index (χ2n) is 7.73. The number of ether oxygens (including phenoxy) is 1. The van der Waals surface area contributed by atoms with Crippen molar-refractivity contribution < 1.29 is 14.5 Å². The molecule has 1 aliphatic rings. The van der Waals surface area contributed by atoms with Gasteiger partial charge < -0.3 is 10.1 Å². The van der Waals surface area contributed by atoms with Crippen LogP contribution in [0.3, 0.4) is 0 Å². The van der Waals surface area contributed by atoms with E-state index in [4.69, 9.17) is 16.3 Å². The van der Waals surface area contributed by atoms with Gasteiger partial charge in [0, 0.05) is 17.4 Å². The lowest BCUT2D eigenvalue weighted by molar-refractivity contribution is -0.384. The number of amides is 1. The van der Waals surface area contributed by atoms with E-state index in [2.05, 4.69) is 15.3 Å². The van der Waals surface area contributed by atoms with Crippen molar-refractivity contribution in [1.82, 2.24) is 9.97 Å². The number of anilines is 3. The van der Waals surface area contributed by atoms with Crippen LogP contribution in [0.15, 0.2) is 30.6 Å². The highest BCUT2D eigenvalue weighted by molar-refractivity contribution is 6.31. The number of aromatic nitrogens is 2. The molecule has 1 aliphatic carbocycles. The first kappa shape index (κ1) is 20.8. The summed E-state index contributed by atoms with van der Waals surface area (Å²) in [5.74, 6) is -0.00857. The quantitative estimate of drug-likeness (QED) is 0.408. The standard InChI is InChI=1S/C19H22ClN5O4/c1-19(2,3)29-18(26)24(13-5-4-6-13)14-9-7-12(8-10-14)23-17-15(25(27)28)16(20)21-11-22-17/h7-11,13H,4-6H2,1-3H3,(H,21,22,23). The van der Waals surface area contributed by atoms with Crippen molar-refractivity contribution in [3.05, 3.63) is 45.9 Å². The predicted molar refractivity (Wildman–Crippen MR) is 110 cm³/mol. The molecule has 0 aliphatic heterocycles. The van der Waals surface area contributed by atoms with Gasteiger partial charge in [0.25, 0.3) is 0 Å². The molecule has 3 rings (SSSR count). The van der Waals surface area contributed by atoms with Gasteiger partial charge in [-0.25, -0.2) is 14.8 Å². The Bertz CT molecular complexity index is 910. The first-order valence-electron chi connectivity index (χ1n) is 9.20. The molecule has 1 aromatic heterocycles. The van der Waals surface area contributed by atoms with E-state index >= 15 is 0 Å². The third-order valence-electron chi connectivity index (χ3n) is 4.40. The fourth-order valence-electron chi connectivity index (χ4n) is 2.87. The molecular weight excluding hydrogens is 398 g/mol. The maximum absolute atomic E-state index is 12.7. The minimum atomic E-state index is -0.639. The first-order chi connectivity index (χ1) is 13.7. The molecule has 0 atom stereocenters. The van der Waals surface area contributed by atoms with Crippen LogP contribution in [0.5, 0.6) is 0 Å². The van der Waals surface area contributed by atoms with Crippen LogP contribution in [0, 0.1) is 10.1 Å². The Morgan fingerprint density at radius 3 is 2.45 bits per heavy atom. The number of carbonyl (C=O) groups is 1. The van der Waals surface area contributed by atoms with Crippen LogP contribution in [-0.4, -0.2) is 32.6 Å². The molecule has 1 fully saturated rings. The normalized spacial score (nSPS) is 14.1. The lowest BCUT2D eigenvalue weighted by Gasteiger charge is -2.38. The summed E-state index contributed by atoms with van der Waals surface area (Å²) < 4.78 is 5.56. The number of nitro groups is 1. The van der Waals surface area contributed by atoms with Gasteiger partial charge in [0.05, 0.1) is 4.92 Å². The second kappa shape index (κ2) is 8.20. The number of hydrogen-bond donors (Lipinski definition) is 1. The summed E-state index contributed by atoms with van der Waals surface area (Å²) in [5, 5.41) is 13.9. The molecule has 0 bridgehead atoms. The summed E-state index contributed by atoms with van der Waals surface area (Å²) in [7, 11) is 0. The summed E-state index contributed by atoms with van der Waals surface area (Å²) >= 11 is 5.81. The molecule has 1 N–H and O–H groups in total. The Kier molecular flexibility index (Phi) is 5.88. The number of nitrogens with one attached hydrogen (secondary N) is 1. The fraction of sp³-hybridized carbons (Fsp3) is 0.421. The maximum Gasteiger partial charge on any atom is 0.415 e. The molecule has 0 radical (unpaired) electrons. The van der Waals surface area contributed by atoms with Gasteiger partial charge in [-0.2, -0.15) is 0 Å². The molecule has 10 heteroatoms. The van der Waals surface area contributed by atoms with Crippen molar-refractivity contribution in [3.8, 4) is 0 Å². The Hall–Kier alpha value is -2.94. The van der Waals surface area contributed by atoms with E-state index in [1.165, 1.54) is 0 Å². The van der Waals surface area contributed by atoms with Crippen LogP contribution in [0.1, 0.15) is 40.0 Å². The zero-order valence-electron chi connectivity index (χ0n) is 16.4. The van der Waals surface area contributed by atoms with Gasteiger partial charge in [0.15, 0.2) is 0 Å². The van der Waals surface area contributed by atoms with Gasteiger partial charge in [0.1, 0.15) is 11.9 Å². The molecule has 2 aromatic rings. The molecule has 1 aromatic carbocycles. The Morgan fingerprint density at radius 1 is 1.28 bits per heavy atom. The zero-order chi connectivity index (χ0) is 21.2. The summed E-state index contributed by atoms with van der Waals surface area (Å²) in [6.07, 6.45) is 3.67. The highest BCUT2D eigenvalue weighted by atomic mass is 35.5. The zero-order valence-corrected chi connectivity index (χ0v) is 17.1. The molecule has 1 amide bonds. The molecule has 0 spiro atoms. The van der Waals surface area contributed by atoms with E-state index in [0.717, 1.165) is 25.6 Å². The number of hydrogen-bond acceptors (Lipinski definition) is 7. The van der Waals surface area contributed by atoms with Crippen molar-refractivity contribution in [3.63, 3.8) is 0 Å². The SMILES string of the molecule is CC(C)(C)OC(=O)N(c1ccc(Nc2ncnc(Cl)c2[N+](=O)[O-])cc1)C1CCC1. The first-order valence-corrected chi connectivity index (χ1v) is 9.57. The largest absolute Gasteiger partial charge is 0.443 e. The Labute approximate surface area is 173 Å². The van der Waals surface area contributed by atoms with Crippen molar-refractivity contribution in [2.75, 3.05) is 10.2 Å². The summed E-state index contributed by atoms with van der Waals surface area (Å²) in [6.45, 7) is 5.49. The number of nitrogens with zero attached hydrogens (tertiary/aromatic N) is 4. The average molecular weight is 420 g/mol. The third kappa shape index (κ3) is 4.92. The molecule has 1 heterocycles. The summed E-state index contributed by atoms with van der Waals surface area (Å²) in [5.41, 5.74) is 0.267. The molecule has 0 saturated heterocycles. The van der Waals surface area contributed by atoms with Crippen molar-refractivity contribution in [2.45, 2.75) is 51.7 Å². The predicted octanol–water partition coefficient (Wildman–Crippen LogP) is 5.08. The van der Waals surface area contributed by atoms with E-state index in [0.29, 0.717) is 11.4 Å². The second-order valence-corrected chi connectivity index (χ2v) is 8.08. The molecule has 154 valence electrons. The van der Waals surface area contributed by atoms with E-state index in [1.54, 1.807) is 29.2 Å². The average Bonchev–Trinajstić information content (AvgIpc) is 2.57. The Balaban J connectivity index is 1.82. The van der Waals surface area contributed by atoms with Crippen LogP contribution in [0.25, 0.3) is 0 Å². The number of benzene rings is 1. The summed E-state index contributed by atoms with van der Waals surface area (Å²) in [4.78, 5) is 32.5. The van der Waals surface area contributed by atoms with Crippen LogP contribution in [0.2, 0.25) is 5.15 Å². The highest BCUT2D eigenvalue weighted by Gasteiger charge is 2.33. The minimum Gasteiger partial charge on any atom is -0.443 e. The van der Waals surface area contributed by atoms with Gasteiger partial charge in [0.2, 0.25) is 11.0 Å². The molecular formula is C19H22ClN5O4. The summed E-state index contributed by atoms with van der Waals surface area (Å²) in [6, 6.07) is 7.06. The minimum absolute atomic E-state index is 0.00857. The van der Waals surface area contributed by atoms with Gasteiger partial charge in [-0.15, -0.1) is 0 Å². The molecule has 29 heavy (non-hydrogen) atoms. The van der Waals surface area contributed by atoms with E-state index in [-0.39, 0.29) is 23.1 Å². The van der Waals surface area contributed by atoms with Crippen LogP contribution in [-0.2, 0) is 4.74 Å². The molecule has 9 nitrogen and oxygen atoms in total. The smallest absolute Gasteiger partial charge is 0.415 e. The van der Waals surface area contributed by atoms with Crippen LogP contribution < -0.4 is 10.2 Å². The molecule has 0 unspecified atom stereocenters. The van der Waals surface area contributed by atoms with Gasteiger partial charge in [-0.05, 0) is 64.3 Å². The van der Waals surface area contributed by atoms with Crippen LogP contribution >= 0.6 is 11.6 Å². The lowest BCUT2D eigenvalue weighted by Crippen LogP contribution is -2.46. The van der Waals surface area contributed by atoms with Gasteiger partial charge in [-0.3, -0.25) is 15.0 Å². The third-order valence-corrected chi connectivity index (χ3v) is 4.68. The van der Waals surface area contributed by atoms with Crippen molar-refractivity contribution in [1.29, 1.82) is 0 Å².